The van der Waals surface area contributed by atoms with Crippen molar-refractivity contribution < 1.29 is 0 Å². The maximum atomic E-state index is 3.60. The van der Waals surface area contributed by atoms with Gasteiger partial charge in [-0.2, -0.15) is 0 Å². The van der Waals surface area contributed by atoms with Crippen LogP contribution in [0.1, 0.15) is 5.56 Å². The molecule has 1 N–H and O–H groups in total. The first-order valence-electron chi connectivity index (χ1n) is 7.20. The highest BCUT2D eigenvalue weighted by Gasteiger charge is 2.05. The normalized spacial score (nSPS) is 11.1. The molecule has 1 aromatic heterocycles. The Bertz CT molecular complexity index is 958. The number of rotatable bonds is 3. The monoisotopic (exact) mass is 367 g/mol. The van der Waals surface area contributed by atoms with Crippen LogP contribution in [0.25, 0.3) is 20.2 Å². The van der Waals surface area contributed by atoms with E-state index in [4.69, 9.17) is 0 Å². The van der Waals surface area contributed by atoms with Crippen LogP contribution in [0.2, 0.25) is 0 Å². The van der Waals surface area contributed by atoms with E-state index in [0.717, 1.165) is 16.7 Å². The standard InChI is InChI=1S/C19H14BrNS/c20-17-7-3-1-5-13(17)12-21-14-9-10-19-16(11-14)15-6-2-4-8-18(15)22-19/h1-11,21H,12H2. The van der Waals surface area contributed by atoms with E-state index in [9.17, 15) is 0 Å². The van der Waals surface area contributed by atoms with Crippen molar-refractivity contribution in [1.82, 2.24) is 0 Å². The third-order valence-corrected chi connectivity index (χ3v) is 5.74. The highest BCUT2D eigenvalue weighted by Crippen LogP contribution is 2.35. The number of hydrogen-bond donors (Lipinski definition) is 1. The van der Waals surface area contributed by atoms with Gasteiger partial charge in [0.1, 0.15) is 0 Å². The van der Waals surface area contributed by atoms with Gasteiger partial charge in [-0.15, -0.1) is 11.3 Å². The van der Waals surface area contributed by atoms with E-state index in [1.807, 2.05) is 17.4 Å². The molecule has 22 heavy (non-hydrogen) atoms. The van der Waals surface area contributed by atoms with E-state index in [1.165, 1.54) is 25.7 Å². The number of nitrogens with one attached hydrogen (secondary N) is 1. The van der Waals surface area contributed by atoms with E-state index >= 15 is 0 Å². The second-order valence-corrected chi connectivity index (χ2v) is 7.19. The van der Waals surface area contributed by atoms with Crippen LogP contribution >= 0.6 is 27.3 Å². The molecule has 108 valence electrons. The molecule has 0 unspecified atom stereocenters. The molecule has 0 saturated heterocycles. The smallest absolute Gasteiger partial charge is 0.0411 e. The number of halogens is 1. The molecule has 0 atom stereocenters. The number of thiophene rings is 1. The van der Waals surface area contributed by atoms with Crippen molar-refractivity contribution in [3.8, 4) is 0 Å². The van der Waals surface area contributed by atoms with Crippen LogP contribution in [-0.2, 0) is 6.54 Å². The van der Waals surface area contributed by atoms with Gasteiger partial charge in [-0.05, 0) is 35.9 Å². The molecular formula is C19H14BrNS. The molecule has 4 rings (SSSR count). The molecule has 4 aromatic rings. The predicted octanol–water partition coefficient (Wildman–Crippen LogP) is 6.43. The fourth-order valence-corrected chi connectivity index (χ4v) is 4.19. The Balaban J connectivity index is 1.67. The molecule has 3 aromatic carbocycles. The lowest BCUT2D eigenvalue weighted by Crippen LogP contribution is -1.99. The number of hydrogen-bond acceptors (Lipinski definition) is 2. The predicted molar refractivity (Wildman–Crippen MR) is 101 cm³/mol. The molecule has 0 spiro atoms. The lowest BCUT2D eigenvalue weighted by atomic mass is 10.1. The lowest BCUT2D eigenvalue weighted by Gasteiger charge is -2.08. The highest BCUT2D eigenvalue weighted by molar-refractivity contribution is 9.10. The van der Waals surface area contributed by atoms with E-state index in [2.05, 4.69) is 81.9 Å². The first kappa shape index (κ1) is 13.8. The van der Waals surface area contributed by atoms with Crippen molar-refractivity contribution in [2.24, 2.45) is 0 Å². The number of fused-ring (bicyclic) bond motifs is 3. The summed E-state index contributed by atoms with van der Waals surface area (Å²) in [6.07, 6.45) is 0. The first-order chi connectivity index (χ1) is 10.8. The Hall–Kier alpha value is -1.84. The maximum absolute atomic E-state index is 3.60. The summed E-state index contributed by atoms with van der Waals surface area (Å²) >= 11 is 5.45. The topological polar surface area (TPSA) is 12.0 Å². The van der Waals surface area contributed by atoms with Crippen LogP contribution in [0.15, 0.2) is 71.2 Å². The summed E-state index contributed by atoms with van der Waals surface area (Å²) in [5.41, 5.74) is 2.42. The Morgan fingerprint density at radius 3 is 2.50 bits per heavy atom. The summed E-state index contributed by atoms with van der Waals surface area (Å²) in [6.45, 7) is 0.814. The van der Waals surface area contributed by atoms with Gasteiger partial charge in [0.05, 0.1) is 0 Å². The van der Waals surface area contributed by atoms with Crippen LogP contribution in [0, 0.1) is 0 Å². The van der Waals surface area contributed by atoms with Gasteiger partial charge in [0.25, 0.3) is 0 Å². The zero-order chi connectivity index (χ0) is 14.9. The molecule has 3 heteroatoms. The van der Waals surface area contributed by atoms with Crippen molar-refractivity contribution in [3.05, 3.63) is 76.8 Å². The summed E-state index contributed by atoms with van der Waals surface area (Å²) in [5, 5.41) is 6.19. The van der Waals surface area contributed by atoms with Crippen molar-refractivity contribution in [1.29, 1.82) is 0 Å². The molecular weight excluding hydrogens is 354 g/mol. The van der Waals surface area contributed by atoms with Gasteiger partial charge in [0, 0.05) is 36.9 Å². The van der Waals surface area contributed by atoms with Gasteiger partial charge in [-0.25, -0.2) is 0 Å². The van der Waals surface area contributed by atoms with Crippen molar-refractivity contribution in [2.75, 3.05) is 5.32 Å². The molecule has 0 aliphatic rings. The van der Waals surface area contributed by atoms with Crippen LogP contribution in [0.3, 0.4) is 0 Å². The maximum Gasteiger partial charge on any atom is 0.0411 e. The third-order valence-electron chi connectivity index (χ3n) is 3.82. The van der Waals surface area contributed by atoms with Crippen LogP contribution in [0.4, 0.5) is 5.69 Å². The minimum Gasteiger partial charge on any atom is -0.381 e. The molecule has 0 amide bonds. The van der Waals surface area contributed by atoms with Crippen LogP contribution < -0.4 is 5.32 Å². The van der Waals surface area contributed by atoms with E-state index in [-0.39, 0.29) is 0 Å². The van der Waals surface area contributed by atoms with Gasteiger partial charge >= 0.3 is 0 Å². The minimum absolute atomic E-state index is 0.814. The summed E-state index contributed by atoms with van der Waals surface area (Å²) in [7, 11) is 0. The van der Waals surface area contributed by atoms with Gasteiger partial charge in [0.2, 0.25) is 0 Å². The molecule has 0 fully saturated rings. The summed E-state index contributed by atoms with van der Waals surface area (Å²) < 4.78 is 3.83. The van der Waals surface area contributed by atoms with Gasteiger partial charge < -0.3 is 5.32 Å². The SMILES string of the molecule is Brc1ccccc1CNc1ccc2sc3ccccc3c2c1. The molecule has 0 saturated carbocycles. The van der Waals surface area contributed by atoms with E-state index in [1.54, 1.807) is 0 Å². The number of anilines is 1. The average molecular weight is 368 g/mol. The molecule has 1 nitrogen and oxygen atoms in total. The largest absolute Gasteiger partial charge is 0.381 e. The average Bonchev–Trinajstić information content (AvgIpc) is 2.92. The first-order valence-corrected chi connectivity index (χ1v) is 8.81. The van der Waals surface area contributed by atoms with E-state index < -0.39 is 0 Å². The third kappa shape index (κ3) is 2.51. The summed E-state index contributed by atoms with van der Waals surface area (Å²) in [5.74, 6) is 0. The molecule has 1 heterocycles. The Morgan fingerprint density at radius 1 is 0.818 bits per heavy atom. The fraction of sp³-hybridized carbons (Fsp3) is 0.0526. The Kier molecular flexibility index (Phi) is 3.60. The van der Waals surface area contributed by atoms with Gasteiger partial charge in [0.15, 0.2) is 0 Å². The molecule has 0 aliphatic carbocycles. The Morgan fingerprint density at radius 2 is 1.59 bits per heavy atom. The number of benzene rings is 3. The quantitative estimate of drug-likeness (QED) is 0.439. The fourth-order valence-electron chi connectivity index (χ4n) is 2.68. The zero-order valence-electron chi connectivity index (χ0n) is 11.8. The zero-order valence-corrected chi connectivity index (χ0v) is 14.2. The highest BCUT2D eigenvalue weighted by atomic mass is 79.9. The van der Waals surface area contributed by atoms with Gasteiger partial charge in [-0.3, -0.25) is 0 Å². The second kappa shape index (κ2) is 5.75. The van der Waals surface area contributed by atoms with Crippen molar-refractivity contribution in [2.45, 2.75) is 6.54 Å². The summed E-state index contributed by atoms with van der Waals surface area (Å²) in [4.78, 5) is 0. The van der Waals surface area contributed by atoms with Crippen LogP contribution in [-0.4, -0.2) is 0 Å². The molecule has 0 aliphatic heterocycles. The van der Waals surface area contributed by atoms with Crippen molar-refractivity contribution >= 4 is 53.1 Å². The van der Waals surface area contributed by atoms with E-state index in [0.29, 0.717) is 0 Å². The van der Waals surface area contributed by atoms with Gasteiger partial charge in [-0.1, -0.05) is 52.3 Å². The minimum atomic E-state index is 0.814. The second-order valence-electron chi connectivity index (χ2n) is 5.25. The lowest BCUT2D eigenvalue weighted by molar-refractivity contribution is 1.14. The van der Waals surface area contributed by atoms with Crippen molar-refractivity contribution in [3.63, 3.8) is 0 Å². The van der Waals surface area contributed by atoms with Crippen LogP contribution in [0.5, 0.6) is 0 Å². The Labute approximate surface area is 141 Å². The summed E-state index contributed by atoms with van der Waals surface area (Å²) in [6, 6.07) is 23.5. The molecule has 0 bridgehead atoms. The molecule has 0 radical (unpaired) electrons.